The van der Waals surface area contributed by atoms with Gasteiger partial charge >= 0.3 is 5.97 Å². The number of rotatable bonds is 16. The Balaban J connectivity index is 0.000000194. The van der Waals surface area contributed by atoms with Crippen LogP contribution in [0.4, 0.5) is 17.3 Å². The van der Waals surface area contributed by atoms with E-state index in [9.17, 15) is 26.4 Å². The third-order valence-electron chi connectivity index (χ3n) is 10.4. The molecule has 1 aliphatic rings. The van der Waals surface area contributed by atoms with Gasteiger partial charge in [-0.15, -0.1) is 0 Å². The lowest BCUT2D eigenvalue weighted by atomic mass is 10.0. The van der Waals surface area contributed by atoms with Crippen LogP contribution in [0.15, 0.2) is 191 Å². The number of nitrogens with two attached hydrogens (primary N) is 1. The summed E-state index contributed by atoms with van der Waals surface area (Å²) >= 11 is 0. The molecule has 1 aromatic heterocycles. The van der Waals surface area contributed by atoms with Crippen LogP contribution >= 0.6 is 0 Å². The number of anilines is 3. The van der Waals surface area contributed by atoms with Crippen LogP contribution in [0.2, 0.25) is 0 Å². The second-order valence-electron chi connectivity index (χ2n) is 16.1. The molecule has 2 atom stereocenters. The second-order valence-corrected chi connectivity index (χ2v) is 19.5. The molecular weight excluding hydrogens is 941 g/mol. The number of hydrogen-bond acceptors (Lipinski definition) is 13. The highest BCUT2D eigenvalue weighted by Crippen LogP contribution is 2.25. The third kappa shape index (κ3) is 16.4. The van der Waals surface area contributed by atoms with Crippen molar-refractivity contribution in [1.82, 2.24) is 30.0 Å². The molecule has 1 amide bonds. The summed E-state index contributed by atoms with van der Waals surface area (Å²) in [4.78, 5) is 36.6. The number of aliphatic imine (C=N–C) groups is 1. The largest absolute Gasteiger partial charge is 0.478 e. The molecule has 6 aromatic carbocycles. The van der Waals surface area contributed by atoms with Gasteiger partial charge in [-0.05, 0) is 121 Å². The van der Waals surface area contributed by atoms with Crippen molar-refractivity contribution in [2.75, 3.05) is 36.8 Å². The lowest BCUT2D eigenvalue weighted by molar-refractivity contribution is 0.0696. The lowest BCUT2D eigenvalue weighted by Gasteiger charge is -2.16. The number of sulfonamides is 2. The zero-order chi connectivity index (χ0) is 50.6. The Hall–Kier alpha value is -7.81. The van der Waals surface area contributed by atoms with Crippen LogP contribution in [0, 0.1) is 0 Å². The number of aromatic nitrogens is 2. The van der Waals surface area contributed by atoms with Crippen molar-refractivity contribution in [3.05, 3.63) is 187 Å². The summed E-state index contributed by atoms with van der Waals surface area (Å²) in [7, 11) is -7.04. The summed E-state index contributed by atoms with van der Waals surface area (Å²) in [6, 6.07) is 47.3. The Labute approximate surface area is 414 Å². The van der Waals surface area contributed by atoms with Crippen molar-refractivity contribution in [1.29, 1.82) is 0 Å². The number of carbonyl (C=O) groups excluding carboxylic acids is 1. The molecule has 8 rings (SSSR count). The molecule has 0 saturated carbocycles. The van der Waals surface area contributed by atoms with Crippen molar-refractivity contribution in [3.8, 4) is 22.3 Å². The molecule has 0 aliphatic carbocycles. The number of carbonyl (C=O) groups is 2. The average Bonchev–Trinajstić information content (AvgIpc) is 3.39. The molecule has 19 heteroatoms. The van der Waals surface area contributed by atoms with Crippen molar-refractivity contribution >= 4 is 55.2 Å². The summed E-state index contributed by atoms with van der Waals surface area (Å²) in [5, 5.41) is 21.4. The van der Waals surface area contributed by atoms with E-state index in [4.69, 9.17) is 10.8 Å². The number of aromatic carboxylic acids is 1. The van der Waals surface area contributed by atoms with Gasteiger partial charge in [0.25, 0.3) is 5.91 Å². The van der Waals surface area contributed by atoms with Crippen LogP contribution < -0.4 is 36.4 Å². The van der Waals surface area contributed by atoms with Gasteiger partial charge in [-0.25, -0.2) is 41.0 Å². The molecule has 368 valence electrons. The van der Waals surface area contributed by atoms with Crippen molar-refractivity contribution in [2.24, 2.45) is 10.7 Å². The van der Waals surface area contributed by atoms with Gasteiger partial charge in [0.05, 0.1) is 15.4 Å². The van der Waals surface area contributed by atoms with Gasteiger partial charge < -0.3 is 32.1 Å². The van der Waals surface area contributed by atoms with Crippen LogP contribution in [0.1, 0.15) is 41.0 Å². The van der Waals surface area contributed by atoms with E-state index >= 15 is 0 Å². The molecule has 17 nitrogen and oxygen atoms in total. The standard InChI is InChI=1S/C26H29N5O3S.C17H13N3O2.C9H14N2O2S/c1-19(31-35(33,34)24-9-3-2-4-10-24)18-29-25(32)21-13-11-20(12-14-21)22-7-5-8-23(17-22)30-26-27-15-6-16-28-26;21-16(22)13-7-5-12(6-8-13)14-3-1-4-15(11-14)20-17-18-9-2-10-19-17;1-8(7-10)11-14(12,13)9-5-3-2-4-6-9/h2-5,7-14,17,19,31H,6,15-16,18H2,1H3,(H,29,32)(H2,27,28,30);1-11H,(H,21,22)(H,18,19,20);2-6,8,11H,7,10H2,1H3. The minimum atomic E-state index is -3.64. The van der Waals surface area contributed by atoms with E-state index in [2.05, 4.69) is 45.7 Å². The third-order valence-corrected chi connectivity index (χ3v) is 13.6. The summed E-state index contributed by atoms with van der Waals surface area (Å²) in [6.07, 6.45) is 4.38. The monoisotopic (exact) mass is 996 g/mol. The summed E-state index contributed by atoms with van der Waals surface area (Å²) < 4.78 is 53.2. The van der Waals surface area contributed by atoms with Crippen LogP contribution in [0.25, 0.3) is 22.3 Å². The number of carboxylic acids is 1. The molecule has 0 spiro atoms. The van der Waals surface area contributed by atoms with E-state index in [-0.39, 0.29) is 40.4 Å². The number of amides is 1. The Kier molecular flexibility index (Phi) is 19.0. The normalized spacial score (nSPS) is 13.0. The lowest BCUT2D eigenvalue weighted by Crippen LogP contribution is -2.41. The molecule has 2 unspecified atom stereocenters. The Morgan fingerprint density at radius 3 is 1.62 bits per heavy atom. The first kappa shape index (κ1) is 52.6. The molecule has 0 bridgehead atoms. The van der Waals surface area contributed by atoms with E-state index in [1.807, 2.05) is 60.7 Å². The summed E-state index contributed by atoms with van der Waals surface area (Å²) in [5.74, 6) is 0.115. The van der Waals surface area contributed by atoms with Crippen LogP contribution in [-0.4, -0.2) is 88.0 Å². The molecule has 9 N–H and O–H groups in total. The number of hydrogen-bond donors (Lipinski definition) is 8. The van der Waals surface area contributed by atoms with Crippen molar-refractivity contribution in [3.63, 3.8) is 0 Å². The van der Waals surface area contributed by atoms with Crippen LogP contribution in [-0.2, 0) is 20.0 Å². The van der Waals surface area contributed by atoms with Gasteiger partial charge in [-0.2, -0.15) is 0 Å². The van der Waals surface area contributed by atoms with Crippen molar-refractivity contribution < 1.29 is 31.5 Å². The van der Waals surface area contributed by atoms with E-state index in [1.165, 1.54) is 12.1 Å². The molecule has 71 heavy (non-hydrogen) atoms. The van der Waals surface area contributed by atoms with E-state index < -0.39 is 32.1 Å². The zero-order valence-electron chi connectivity index (χ0n) is 39.1. The first-order valence-corrected chi connectivity index (χ1v) is 25.5. The fraction of sp³-hybridized carbons (Fsp3) is 0.173. The number of benzene rings is 6. The number of carboxylic acid groups (broad SMARTS) is 1. The Bertz CT molecular complexity index is 3080. The number of nitrogens with zero attached hydrogens (tertiary/aromatic N) is 3. The van der Waals surface area contributed by atoms with Gasteiger partial charge in [0, 0.05) is 67.6 Å². The molecular formula is C52H56N10O7S2. The minimum absolute atomic E-state index is 0.165. The van der Waals surface area contributed by atoms with E-state index in [0.717, 1.165) is 59.1 Å². The average molecular weight is 997 g/mol. The first-order valence-electron chi connectivity index (χ1n) is 22.6. The molecule has 0 saturated heterocycles. The minimum Gasteiger partial charge on any atom is -0.478 e. The fourth-order valence-corrected chi connectivity index (χ4v) is 9.26. The number of nitrogens with one attached hydrogen (secondary N) is 6. The van der Waals surface area contributed by atoms with Gasteiger partial charge in [-0.3, -0.25) is 9.79 Å². The predicted octanol–water partition coefficient (Wildman–Crippen LogP) is 7.11. The zero-order valence-corrected chi connectivity index (χ0v) is 40.7. The topological polar surface area (TPSA) is 259 Å². The highest BCUT2D eigenvalue weighted by molar-refractivity contribution is 7.89. The van der Waals surface area contributed by atoms with E-state index in [0.29, 0.717) is 11.5 Å². The Morgan fingerprint density at radius 2 is 1.13 bits per heavy atom. The molecule has 0 radical (unpaired) electrons. The second kappa shape index (κ2) is 25.7. The molecule has 7 aromatic rings. The van der Waals surface area contributed by atoms with Crippen LogP contribution in [0.5, 0.6) is 0 Å². The van der Waals surface area contributed by atoms with Gasteiger partial charge in [0.1, 0.15) is 0 Å². The SMILES string of the molecule is CC(CN)NS(=O)(=O)c1ccccc1.CC(CNC(=O)c1ccc(-c2cccc(NC3=NCCCN3)c2)cc1)NS(=O)(=O)c1ccccc1.O=C(O)c1ccc(-c2cccc(Nc3ncccn3)c2)cc1. The van der Waals surface area contributed by atoms with Gasteiger partial charge in [0.2, 0.25) is 26.0 Å². The van der Waals surface area contributed by atoms with Gasteiger partial charge in [0.15, 0.2) is 5.96 Å². The smallest absolute Gasteiger partial charge is 0.335 e. The van der Waals surface area contributed by atoms with Crippen molar-refractivity contribution in [2.45, 2.75) is 42.1 Å². The number of guanidine groups is 1. The fourth-order valence-electron chi connectivity index (χ4n) is 6.72. The summed E-state index contributed by atoms with van der Waals surface area (Å²) in [6.45, 7) is 5.60. The Morgan fingerprint density at radius 1 is 0.620 bits per heavy atom. The highest BCUT2D eigenvalue weighted by Gasteiger charge is 2.18. The molecule has 0 fully saturated rings. The quantitative estimate of drug-likeness (QED) is 0.0481. The first-order chi connectivity index (χ1) is 34.2. The van der Waals surface area contributed by atoms with Crippen LogP contribution in [0.3, 0.4) is 0 Å². The predicted molar refractivity (Wildman–Crippen MR) is 278 cm³/mol. The molecule has 2 heterocycles. The van der Waals surface area contributed by atoms with E-state index in [1.54, 1.807) is 117 Å². The maximum Gasteiger partial charge on any atom is 0.335 e. The maximum absolute atomic E-state index is 12.6. The van der Waals surface area contributed by atoms with Gasteiger partial charge in [-0.1, -0.05) is 84.9 Å². The maximum atomic E-state index is 12.6. The highest BCUT2D eigenvalue weighted by atomic mass is 32.2. The molecule has 1 aliphatic heterocycles. The summed E-state index contributed by atoms with van der Waals surface area (Å²) in [5.41, 5.74) is 11.8.